The van der Waals surface area contributed by atoms with Crippen molar-refractivity contribution in [1.29, 1.82) is 0 Å². The molecule has 0 unspecified atom stereocenters. The van der Waals surface area contributed by atoms with E-state index in [9.17, 15) is 4.79 Å². The lowest BCUT2D eigenvalue weighted by molar-refractivity contribution is -0.138. The van der Waals surface area contributed by atoms with E-state index in [1.807, 2.05) is 0 Å². The largest absolute Gasteiger partial charge is 0.480 e. The van der Waals surface area contributed by atoms with Gasteiger partial charge < -0.3 is 5.11 Å². The maximum atomic E-state index is 10.0. The van der Waals surface area contributed by atoms with Gasteiger partial charge in [0.15, 0.2) is 0 Å². The number of nitrogens with zero attached hydrogens (tertiary/aromatic N) is 1. The van der Waals surface area contributed by atoms with Crippen LogP contribution in [0.4, 0.5) is 0 Å². The Labute approximate surface area is 48.1 Å². The van der Waals surface area contributed by atoms with E-state index in [-0.39, 0.29) is 0 Å². The van der Waals surface area contributed by atoms with E-state index in [0.717, 1.165) is 0 Å². The highest BCUT2D eigenvalue weighted by Gasteiger charge is 2.09. The minimum atomic E-state index is -0.900. The number of carboxylic acid groups (broad SMARTS) is 1. The molecule has 0 aromatic rings. The molecule has 0 spiro atoms. The van der Waals surface area contributed by atoms with Crippen LogP contribution in [0.15, 0.2) is 4.99 Å². The molecule has 0 radical (unpaired) electrons. The molecular weight excluding hydrogens is 106 g/mol. The van der Waals surface area contributed by atoms with Crippen molar-refractivity contribution in [3.05, 3.63) is 0 Å². The highest BCUT2D eigenvalue weighted by Crippen LogP contribution is 1.93. The molecule has 3 heteroatoms. The summed E-state index contributed by atoms with van der Waals surface area (Å²) in [5, 5.41) is 8.24. The predicted molar refractivity (Wildman–Crippen MR) is 31.3 cm³/mol. The summed E-state index contributed by atoms with van der Waals surface area (Å²) in [6, 6.07) is -0.616. The van der Waals surface area contributed by atoms with Crippen molar-refractivity contribution >= 4 is 12.7 Å². The van der Waals surface area contributed by atoms with E-state index in [1.54, 1.807) is 6.92 Å². The zero-order valence-electron chi connectivity index (χ0n) is 4.79. The van der Waals surface area contributed by atoms with Crippen LogP contribution < -0.4 is 0 Å². The van der Waals surface area contributed by atoms with Crippen LogP contribution in [0.2, 0.25) is 0 Å². The monoisotopic (exact) mass is 115 g/mol. The number of hydrogen-bond acceptors (Lipinski definition) is 2. The molecule has 0 amide bonds. The normalized spacial score (nSPS) is 12.6. The fourth-order valence-corrected chi connectivity index (χ4v) is 0.382. The second-order valence-corrected chi connectivity index (χ2v) is 1.44. The number of aliphatic imine (C=N–C) groups is 1. The Morgan fingerprint density at radius 1 is 2.00 bits per heavy atom. The average molecular weight is 115 g/mol. The number of hydrogen-bond donors (Lipinski definition) is 1. The maximum Gasteiger partial charge on any atom is 0.328 e. The first-order valence-corrected chi connectivity index (χ1v) is 2.41. The lowest BCUT2D eigenvalue weighted by atomic mass is 10.2. The van der Waals surface area contributed by atoms with Gasteiger partial charge in [-0.2, -0.15) is 0 Å². The van der Waals surface area contributed by atoms with Gasteiger partial charge in [0.2, 0.25) is 0 Å². The number of carbonyl (C=O) groups is 1. The third-order valence-corrected chi connectivity index (χ3v) is 0.892. The molecule has 0 rings (SSSR count). The Bertz CT molecular complexity index is 101. The van der Waals surface area contributed by atoms with E-state index >= 15 is 0 Å². The molecule has 0 aliphatic carbocycles. The zero-order chi connectivity index (χ0) is 6.57. The molecule has 1 N–H and O–H groups in total. The van der Waals surface area contributed by atoms with Crippen LogP contribution in [-0.2, 0) is 4.79 Å². The van der Waals surface area contributed by atoms with E-state index in [4.69, 9.17) is 5.11 Å². The van der Waals surface area contributed by atoms with Gasteiger partial charge in [0, 0.05) is 0 Å². The molecular formula is C5H9NO2. The molecule has 1 atom stereocenters. The number of aliphatic carboxylic acids is 1. The lowest BCUT2D eigenvalue weighted by Gasteiger charge is -1.98. The summed E-state index contributed by atoms with van der Waals surface area (Å²) in [7, 11) is 0. The third-order valence-electron chi connectivity index (χ3n) is 0.892. The van der Waals surface area contributed by atoms with Gasteiger partial charge >= 0.3 is 5.97 Å². The first kappa shape index (κ1) is 7.14. The summed E-state index contributed by atoms with van der Waals surface area (Å²) in [5.74, 6) is -0.900. The molecule has 0 aromatic heterocycles. The fraction of sp³-hybridized carbons (Fsp3) is 0.600. The van der Waals surface area contributed by atoms with Gasteiger partial charge in [-0.25, -0.2) is 4.79 Å². The molecule has 0 aliphatic rings. The van der Waals surface area contributed by atoms with E-state index in [0.29, 0.717) is 6.42 Å². The van der Waals surface area contributed by atoms with Gasteiger partial charge in [0.05, 0.1) is 0 Å². The Morgan fingerprint density at radius 3 is 2.50 bits per heavy atom. The summed E-state index contributed by atoms with van der Waals surface area (Å²) >= 11 is 0. The molecule has 0 aromatic carbocycles. The van der Waals surface area contributed by atoms with Gasteiger partial charge in [0.25, 0.3) is 0 Å². The smallest absolute Gasteiger partial charge is 0.328 e. The van der Waals surface area contributed by atoms with Crippen molar-refractivity contribution in [2.75, 3.05) is 0 Å². The summed E-state index contributed by atoms with van der Waals surface area (Å²) in [6.45, 7) is 4.88. The van der Waals surface area contributed by atoms with Crippen LogP contribution >= 0.6 is 0 Å². The Kier molecular flexibility index (Phi) is 2.84. The predicted octanol–water partition coefficient (Wildman–Crippen LogP) is 0.550. The summed E-state index contributed by atoms with van der Waals surface area (Å²) in [4.78, 5) is 13.4. The van der Waals surface area contributed by atoms with Crippen molar-refractivity contribution in [3.63, 3.8) is 0 Å². The fourth-order valence-electron chi connectivity index (χ4n) is 0.382. The standard InChI is InChI=1S/C5H9NO2/c1-3-4(6-2)5(7)8/h4H,2-3H2,1H3,(H,7,8)/t4-/m0/s1. The second-order valence-electron chi connectivity index (χ2n) is 1.44. The average Bonchev–Trinajstić information content (AvgIpc) is 1.69. The lowest BCUT2D eigenvalue weighted by Crippen LogP contribution is -2.15. The van der Waals surface area contributed by atoms with Gasteiger partial charge in [0.1, 0.15) is 6.04 Å². The first-order chi connectivity index (χ1) is 3.72. The van der Waals surface area contributed by atoms with Crippen molar-refractivity contribution in [2.45, 2.75) is 19.4 Å². The molecule has 0 bridgehead atoms. The summed E-state index contributed by atoms with van der Waals surface area (Å²) < 4.78 is 0. The van der Waals surface area contributed by atoms with Gasteiger partial charge in [-0.3, -0.25) is 4.99 Å². The minimum absolute atomic E-state index is 0.513. The number of carboxylic acids is 1. The number of rotatable bonds is 3. The van der Waals surface area contributed by atoms with Crippen molar-refractivity contribution in [1.82, 2.24) is 0 Å². The highest BCUT2D eigenvalue weighted by atomic mass is 16.4. The molecule has 0 fully saturated rings. The molecule has 0 heterocycles. The van der Waals surface area contributed by atoms with Crippen LogP contribution in [0.5, 0.6) is 0 Å². The van der Waals surface area contributed by atoms with Crippen molar-refractivity contribution < 1.29 is 9.90 Å². The quantitative estimate of drug-likeness (QED) is 0.546. The molecule has 46 valence electrons. The molecule has 8 heavy (non-hydrogen) atoms. The van der Waals surface area contributed by atoms with Crippen LogP contribution in [0.1, 0.15) is 13.3 Å². The zero-order valence-corrected chi connectivity index (χ0v) is 4.79. The Hall–Kier alpha value is -0.860. The Morgan fingerprint density at radius 2 is 2.50 bits per heavy atom. The van der Waals surface area contributed by atoms with Crippen LogP contribution in [-0.4, -0.2) is 23.8 Å². The van der Waals surface area contributed by atoms with Gasteiger partial charge in [-0.05, 0) is 13.1 Å². The van der Waals surface area contributed by atoms with Crippen LogP contribution in [0.3, 0.4) is 0 Å². The SMILES string of the molecule is C=N[C@@H](CC)C(=O)O. The van der Waals surface area contributed by atoms with Crippen LogP contribution in [0, 0.1) is 0 Å². The van der Waals surface area contributed by atoms with E-state index in [1.165, 1.54) is 0 Å². The molecule has 0 aliphatic heterocycles. The summed E-state index contributed by atoms with van der Waals surface area (Å²) in [5.41, 5.74) is 0. The van der Waals surface area contributed by atoms with Gasteiger partial charge in [-0.15, -0.1) is 0 Å². The molecule has 3 nitrogen and oxygen atoms in total. The highest BCUT2D eigenvalue weighted by molar-refractivity contribution is 5.74. The van der Waals surface area contributed by atoms with E-state index in [2.05, 4.69) is 11.7 Å². The first-order valence-electron chi connectivity index (χ1n) is 2.41. The topological polar surface area (TPSA) is 49.7 Å². The van der Waals surface area contributed by atoms with Crippen molar-refractivity contribution in [2.24, 2.45) is 4.99 Å². The third kappa shape index (κ3) is 1.73. The molecule has 0 saturated carbocycles. The van der Waals surface area contributed by atoms with Gasteiger partial charge in [-0.1, -0.05) is 6.92 Å². The Balaban J connectivity index is 3.69. The second kappa shape index (κ2) is 3.18. The van der Waals surface area contributed by atoms with Crippen LogP contribution in [0.25, 0.3) is 0 Å². The van der Waals surface area contributed by atoms with E-state index < -0.39 is 12.0 Å². The minimum Gasteiger partial charge on any atom is -0.480 e. The van der Waals surface area contributed by atoms with Crippen molar-refractivity contribution in [3.8, 4) is 0 Å². The maximum absolute atomic E-state index is 10.0. The molecule has 0 saturated heterocycles. The summed E-state index contributed by atoms with van der Waals surface area (Å²) in [6.07, 6.45) is 0.513.